The summed E-state index contributed by atoms with van der Waals surface area (Å²) in [7, 11) is 3.42. The van der Waals surface area contributed by atoms with Crippen LogP contribution in [0.2, 0.25) is 5.02 Å². The summed E-state index contributed by atoms with van der Waals surface area (Å²) in [5.41, 5.74) is 2.76. The number of hydrogen-bond acceptors (Lipinski definition) is 1. The second-order valence-electron chi connectivity index (χ2n) is 4.38. The van der Waals surface area contributed by atoms with E-state index in [0.29, 0.717) is 5.02 Å². The highest BCUT2D eigenvalue weighted by atomic mass is 35.5. The standard InChI is InChI=1S/C15H15ClN2O/c1-18(2)15(19)17-14-6-4-3-5-13(14)11-7-9-12(16)10-8-11/h3-10H,1-2H3,(H,17,19). The summed E-state index contributed by atoms with van der Waals surface area (Å²) in [5, 5.41) is 3.57. The molecule has 4 heteroatoms. The van der Waals surface area contributed by atoms with Crippen molar-refractivity contribution in [1.29, 1.82) is 0 Å². The molecule has 1 N–H and O–H groups in total. The average Bonchev–Trinajstić information content (AvgIpc) is 2.40. The number of nitrogens with one attached hydrogen (secondary N) is 1. The van der Waals surface area contributed by atoms with E-state index in [1.54, 1.807) is 14.1 Å². The highest BCUT2D eigenvalue weighted by molar-refractivity contribution is 6.30. The van der Waals surface area contributed by atoms with Crippen molar-refractivity contribution in [1.82, 2.24) is 4.90 Å². The van der Waals surface area contributed by atoms with Gasteiger partial charge in [-0.15, -0.1) is 0 Å². The number of para-hydroxylation sites is 1. The van der Waals surface area contributed by atoms with Crippen molar-refractivity contribution in [2.45, 2.75) is 0 Å². The van der Waals surface area contributed by atoms with E-state index in [9.17, 15) is 4.79 Å². The SMILES string of the molecule is CN(C)C(=O)Nc1ccccc1-c1ccc(Cl)cc1. The predicted octanol–water partition coefficient (Wildman–Crippen LogP) is 4.10. The van der Waals surface area contributed by atoms with Gasteiger partial charge >= 0.3 is 6.03 Å². The molecular formula is C15H15ClN2O. The maximum Gasteiger partial charge on any atom is 0.321 e. The Kier molecular flexibility index (Phi) is 4.07. The van der Waals surface area contributed by atoms with E-state index < -0.39 is 0 Å². The van der Waals surface area contributed by atoms with Crippen molar-refractivity contribution >= 4 is 23.3 Å². The van der Waals surface area contributed by atoms with E-state index in [4.69, 9.17) is 11.6 Å². The Balaban J connectivity index is 2.36. The monoisotopic (exact) mass is 274 g/mol. The van der Waals surface area contributed by atoms with Gasteiger partial charge in [-0.05, 0) is 23.8 Å². The summed E-state index contributed by atoms with van der Waals surface area (Å²) in [5.74, 6) is 0. The molecule has 98 valence electrons. The second kappa shape index (κ2) is 5.76. The summed E-state index contributed by atoms with van der Waals surface area (Å²) >= 11 is 5.89. The zero-order valence-corrected chi connectivity index (χ0v) is 11.6. The number of rotatable bonds is 2. The molecule has 0 saturated carbocycles. The van der Waals surface area contributed by atoms with E-state index in [2.05, 4.69) is 5.32 Å². The largest absolute Gasteiger partial charge is 0.331 e. The van der Waals surface area contributed by atoms with Crippen LogP contribution in [-0.2, 0) is 0 Å². The first-order chi connectivity index (χ1) is 9.08. The van der Waals surface area contributed by atoms with Gasteiger partial charge in [-0.25, -0.2) is 4.79 Å². The molecule has 0 spiro atoms. The van der Waals surface area contributed by atoms with Gasteiger partial charge in [0.25, 0.3) is 0 Å². The minimum absolute atomic E-state index is 0.151. The molecule has 3 nitrogen and oxygen atoms in total. The molecule has 0 aliphatic carbocycles. The van der Waals surface area contributed by atoms with Gasteiger partial charge in [0.1, 0.15) is 0 Å². The molecule has 0 unspecified atom stereocenters. The van der Waals surface area contributed by atoms with Crippen LogP contribution in [0.1, 0.15) is 0 Å². The van der Waals surface area contributed by atoms with Crippen molar-refractivity contribution in [3.63, 3.8) is 0 Å². The van der Waals surface area contributed by atoms with E-state index in [1.165, 1.54) is 4.90 Å². The van der Waals surface area contributed by atoms with Gasteiger partial charge < -0.3 is 10.2 Å². The van der Waals surface area contributed by atoms with E-state index in [-0.39, 0.29) is 6.03 Å². The first kappa shape index (κ1) is 13.4. The van der Waals surface area contributed by atoms with Crippen molar-refractivity contribution in [3.8, 4) is 11.1 Å². The second-order valence-corrected chi connectivity index (χ2v) is 4.81. The molecule has 2 amide bonds. The highest BCUT2D eigenvalue weighted by Gasteiger charge is 2.09. The van der Waals surface area contributed by atoms with Crippen molar-refractivity contribution in [2.75, 3.05) is 19.4 Å². The molecule has 19 heavy (non-hydrogen) atoms. The van der Waals surface area contributed by atoms with Crippen LogP contribution in [0.15, 0.2) is 48.5 Å². The molecule has 2 rings (SSSR count). The summed E-state index contributed by atoms with van der Waals surface area (Å²) in [6.07, 6.45) is 0. The summed E-state index contributed by atoms with van der Waals surface area (Å²) in [6, 6.07) is 15.1. The Morgan fingerprint density at radius 2 is 1.68 bits per heavy atom. The zero-order valence-electron chi connectivity index (χ0n) is 10.9. The van der Waals surface area contributed by atoms with Crippen molar-refractivity contribution in [3.05, 3.63) is 53.6 Å². The number of halogens is 1. The zero-order chi connectivity index (χ0) is 13.8. The third-order valence-electron chi connectivity index (χ3n) is 2.73. The van der Waals surface area contributed by atoms with Crippen LogP contribution in [-0.4, -0.2) is 25.0 Å². The molecule has 0 saturated heterocycles. The average molecular weight is 275 g/mol. The van der Waals surface area contributed by atoms with Gasteiger partial charge in [-0.2, -0.15) is 0 Å². The molecule has 0 aliphatic heterocycles. The maximum absolute atomic E-state index is 11.7. The van der Waals surface area contributed by atoms with E-state index in [0.717, 1.165) is 16.8 Å². The fraction of sp³-hybridized carbons (Fsp3) is 0.133. The Hall–Kier alpha value is -2.00. The minimum Gasteiger partial charge on any atom is -0.331 e. The number of carbonyl (C=O) groups excluding carboxylic acids is 1. The summed E-state index contributed by atoms with van der Waals surface area (Å²) in [4.78, 5) is 13.2. The molecule has 0 heterocycles. The van der Waals surface area contributed by atoms with Crippen LogP contribution in [0.5, 0.6) is 0 Å². The Bertz CT molecular complexity index is 579. The number of benzene rings is 2. The maximum atomic E-state index is 11.7. The number of carbonyl (C=O) groups is 1. The number of urea groups is 1. The lowest BCUT2D eigenvalue weighted by Crippen LogP contribution is -2.27. The Labute approximate surface area is 117 Å². The van der Waals surface area contributed by atoms with E-state index in [1.807, 2.05) is 48.5 Å². The van der Waals surface area contributed by atoms with Gasteiger partial charge in [0.05, 0.1) is 5.69 Å². The highest BCUT2D eigenvalue weighted by Crippen LogP contribution is 2.28. The number of anilines is 1. The topological polar surface area (TPSA) is 32.3 Å². The number of nitrogens with zero attached hydrogens (tertiary/aromatic N) is 1. The van der Waals surface area contributed by atoms with Gasteiger partial charge in [0.2, 0.25) is 0 Å². The van der Waals surface area contributed by atoms with Gasteiger partial charge in [0.15, 0.2) is 0 Å². The molecule has 0 aliphatic rings. The molecule has 0 atom stereocenters. The molecule has 0 radical (unpaired) electrons. The first-order valence-corrected chi connectivity index (χ1v) is 6.29. The fourth-order valence-electron chi connectivity index (χ4n) is 1.70. The lowest BCUT2D eigenvalue weighted by molar-refractivity contribution is 0.230. The van der Waals surface area contributed by atoms with Crippen LogP contribution in [0.4, 0.5) is 10.5 Å². The fourth-order valence-corrected chi connectivity index (χ4v) is 1.83. The molecular weight excluding hydrogens is 260 g/mol. The lowest BCUT2D eigenvalue weighted by atomic mass is 10.0. The van der Waals surface area contributed by atoms with Crippen molar-refractivity contribution in [2.24, 2.45) is 0 Å². The molecule has 0 fully saturated rings. The van der Waals surface area contributed by atoms with Crippen LogP contribution >= 0.6 is 11.6 Å². The molecule has 2 aromatic carbocycles. The van der Waals surface area contributed by atoms with Gasteiger partial charge in [-0.1, -0.05) is 41.9 Å². The Morgan fingerprint density at radius 1 is 1.05 bits per heavy atom. The number of amides is 2. The minimum atomic E-state index is -0.151. The third kappa shape index (κ3) is 3.26. The van der Waals surface area contributed by atoms with Gasteiger partial charge in [-0.3, -0.25) is 0 Å². The van der Waals surface area contributed by atoms with Crippen LogP contribution in [0.3, 0.4) is 0 Å². The first-order valence-electron chi connectivity index (χ1n) is 5.91. The van der Waals surface area contributed by atoms with Crippen LogP contribution < -0.4 is 5.32 Å². The molecule has 0 bridgehead atoms. The molecule has 0 aromatic heterocycles. The normalized spacial score (nSPS) is 10.1. The quantitative estimate of drug-likeness (QED) is 0.878. The summed E-state index contributed by atoms with van der Waals surface area (Å²) in [6.45, 7) is 0. The third-order valence-corrected chi connectivity index (χ3v) is 2.98. The van der Waals surface area contributed by atoms with Gasteiger partial charge in [0, 0.05) is 24.7 Å². The molecule has 2 aromatic rings. The predicted molar refractivity (Wildman–Crippen MR) is 79.6 cm³/mol. The smallest absolute Gasteiger partial charge is 0.321 e. The lowest BCUT2D eigenvalue weighted by Gasteiger charge is -2.15. The van der Waals surface area contributed by atoms with Crippen molar-refractivity contribution < 1.29 is 4.79 Å². The summed E-state index contributed by atoms with van der Waals surface area (Å²) < 4.78 is 0. The van der Waals surface area contributed by atoms with Crippen LogP contribution in [0.25, 0.3) is 11.1 Å². The van der Waals surface area contributed by atoms with E-state index >= 15 is 0 Å². The Morgan fingerprint density at radius 3 is 2.32 bits per heavy atom. The number of hydrogen-bond donors (Lipinski definition) is 1. The van der Waals surface area contributed by atoms with Crippen LogP contribution in [0, 0.1) is 0 Å².